The summed E-state index contributed by atoms with van der Waals surface area (Å²) in [6.07, 6.45) is -6.48. The van der Waals surface area contributed by atoms with E-state index in [1.165, 1.54) is 12.1 Å². The smallest absolute Gasteiger partial charge is 0.419 e. The molecule has 1 fully saturated rings. The van der Waals surface area contributed by atoms with E-state index < -0.39 is 59.2 Å². The fourth-order valence-corrected chi connectivity index (χ4v) is 3.99. The van der Waals surface area contributed by atoms with Gasteiger partial charge in [-0.3, -0.25) is 9.08 Å². The van der Waals surface area contributed by atoms with E-state index in [2.05, 4.69) is 0 Å². The number of rotatable bonds is 5. The second kappa shape index (κ2) is 8.35. The molecule has 2 atom stereocenters. The number of ether oxygens (including phenoxy) is 2. The summed E-state index contributed by atoms with van der Waals surface area (Å²) in [6.45, 7) is 4.98. The second-order valence-corrected chi connectivity index (χ2v) is 9.83. The van der Waals surface area contributed by atoms with Crippen LogP contribution in [0.5, 0.6) is 0 Å². The van der Waals surface area contributed by atoms with Crippen LogP contribution in [0.1, 0.15) is 32.8 Å². The van der Waals surface area contributed by atoms with Crippen LogP contribution >= 0.6 is 0 Å². The normalized spacial score (nSPS) is 22.9. The first-order chi connectivity index (χ1) is 13.6. The third-order valence-electron chi connectivity index (χ3n) is 4.69. The molecule has 0 spiro atoms. The largest absolute Gasteiger partial charge is 0.444 e. The molecular formula is C19H26F3NO6S. The molecule has 1 aromatic rings. The zero-order chi connectivity index (χ0) is 23.0. The Balaban J connectivity index is 2.27. The van der Waals surface area contributed by atoms with Gasteiger partial charge in [0, 0.05) is 13.5 Å². The number of hydrogen-bond donors (Lipinski definition) is 0. The summed E-state index contributed by atoms with van der Waals surface area (Å²) in [5.74, 6) is 0. The maximum absolute atomic E-state index is 13.7. The number of amides is 1. The maximum Gasteiger partial charge on any atom is 0.419 e. The van der Waals surface area contributed by atoms with Gasteiger partial charge >= 0.3 is 12.3 Å². The number of alkyl halides is 3. The van der Waals surface area contributed by atoms with Gasteiger partial charge in [-0.2, -0.15) is 21.6 Å². The molecule has 2 unspecified atom stereocenters. The third-order valence-corrected chi connectivity index (χ3v) is 5.99. The number of methoxy groups -OCH3 is 1. The lowest BCUT2D eigenvalue weighted by molar-refractivity contribution is -0.263. The van der Waals surface area contributed by atoms with E-state index in [1.54, 1.807) is 39.8 Å². The molecule has 0 radical (unpaired) electrons. The van der Waals surface area contributed by atoms with Gasteiger partial charge in [-0.15, -0.1) is 0 Å². The van der Waals surface area contributed by atoms with E-state index in [1.807, 2.05) is 0 Å². The molecule has 0 bridgehead atoms. The average molecular weight is 453 g/mol. The number of aryl methyl sites for hydroxylation is 1. The van der Waals surface area contributed by atoms with Crippen molar-refractivity contribution in [1.82, 2.24) is 4.90 Å². The minimum Gasteiger partial charge on any atom is -0.444 e. The minimum absolute atomic E-state index is 0.135. The highest BCUT2D eigenvalue weighted by atomic mass is 32.2. The first-order valence-corrected chi connectivity index (χ1v) is 10.6. The molecule has 11 heteroatoms. The third kappa shape index (κ3) is 5.44. The molecule has 1 saturated heterocycles. The number of carbonyl (C=O) groups is 1. The predicted octanol–water partition coefficient (Wildman–Crippen LogP) is 3.66. The monoisotopic (exact) mass is 453 g/mol. The molecule has 0 aliphatic carbocycles. The summed E-state index contributed by atoms with van der Waals surface area (Å²) in [5.41, 5.74) is -2.77. The fourth-order valence-electron chi connectivity index (χ4n) is 3.05. The standard InChI is InChI=1S/C19H26F3NO6S/c1-13-6-8-15(9-7-13)30(25,26)28-11-14-10-18(27-5,19(20,21)22)12-23(14)16(24)29-17(2,3)4/h6-9,14H,10-12H2,1-5H3. The number of nitrogens with zero attached hydrogens (tertiary/aromatic N) is 1. The maximum atomic E-state index is 13.7. The summed E-state index contributed by atoms with van der Waals surface area (Å²) >= 11 is 0. The van der Waals surface area contributed by atoms with Gasteiger partial charge in [0.15, 0.2) is 5.60 Å². The van der Waals surface area contributed by atoms with Crippen molar-refractivity contribution in [1.29, 1.82) is 0 Å². The summed E-state index contributed by atoms with van der Waals surface area (Å²) in [7, 11) is -3.33. The van der Waals surface area contributed by atoms with Crippen molar-refractivity contribution in [2.45, 2.75) is 62.4 Å². The summed E-state index contributed by atoms with van der Waals surface area (Å²) < 4.78 is 80.8. The van der Waals surface area contributed by atoms with Gasteiger partial charge in [0.2, 0.25) is 0 Å². The minimum atomic E-state index is -4.79. The van der Waals surface area contributed by atoms with E-state index in [-0.39, 0.29) is 4.90 Å². The summed E-state index contributed by atoms with van der Waals surface area (Å²) in [6, 6.07) is 4.58. The van der Waals surface area contributed by atoms with E-state index in [9.17, 15) is 26.4 Å². The molecule has 2 rings (SSSR count). The Hall–Kier alpha value is -1.85. The Morgan fingerprint density at radius 2 is 1.77 bits per heavy atom. The van der Waals surface area contributed by atoms with E-state index in [0.29, 0.717) is 0 Å². The van der Waals surface area contributed by atoms with Gasteiger partial charge in [0.05, 0.1) is 24.1 Å². The lowest BCUT2D eigenvalue weighted by Gasteiger charge is -2.30. The molecule has 30 heavy (non-hydrogen) atoms. The molecular weight excluding hydrogens is 427 g/mol. The van der Waals surface area contributed by atoms with Gasteiger partial charge in [-0.25, -0.2) is 4.79 Å². The van der Waals surface area contributed by atoms with Crippen molar-refractivity contribution in [3.05, 3.63) is 29.8 Å². The quantitative estimate of drug-likeness (QED) is 0.633. The molecule has 1 aliphatic rings. The van der Waals surface area contributed by atoms with Gasteiger partial charge in [0.1, 0.15) is 5.60 Å². The first kappa shape index (κ1) is 24.4. The molecule has 1 aromatic carbocycles. The fraction of sp³-hybridized carbons (Fsp3) is 0.632. The number of carbonyl (C=O) groups excluding carboxylic acids is 1. The zero-order valence-corrected chi connectivity index (χ0v) is 18.3. The van der Waals surface area contributed by atoms with Crippen LogP contribution in [0.2, 0.25) is 0 Å². The highest BCUT2D eigenvalue weighted by molar-refractivity contribution is 7.86. The Labute approximate surface area is 174 Å². The van der Waals surface area contributed by atoms with Crippen LogP contribution in [0.4, 0.5) is 18.0 Å². The number of hydrogen-bond acceptors (Lipinski definition) is 6. The number of likely N-dealkylation sites (tertiary alicyclic amines) is 1. The molecule has 0 N–H and O–H groups in total. The molecule has 7 nitrogen and oxygen atoms in total. The highest BCUT2D eigenvalue weighted by Crippen LogP contribution is 2.43. The summed E-state index contributed by atoms with van der Waals surface area (Å²) in [5, 5.41) is 0. The molecule has 1 amide bonds. The van der Waals surface area contributed by atoms with Crippen molar-refractivity contribution >= 4 is 16.2 Å². The number of halogens is 3. The Morgan fingerprint density at radius 1 is 1.20 bits per heavy atom. The molecule has 170 valence electrons. The van der Waals surface area contributed by atoms with Crippen molar-refractivity contribution < 1.29 is 40.0 Å². The van der Waals surface area contributed by atoms with Crippen LogP contribution in [0.25, 0.3) is 0 Å². The van der Waals surface area contributed by atoms with Crippen molar-refractivity contribution in [2.24, 2.45) is 0 Å². The lowest BCUT2D eigenvalue weighted by Crippen LogP contribution is -2.50. The number of benzene rings is 1. The van der Waals surface area contributed by atoms with E-state index in [0.717, 1.165) is 17.6 Å². The van der Waals surface area contributed by atoms with E-state index in [4.69, 9.17) is 13.7 Å². The van der Waals surface area contributed by atoms with Crippen LogP contribution in [0.3, 0.4) is 0 Å². The Kier molecular flexibility index (Phi) is 6.80. The van der Waals surface area contributed by atoms with Gasteiger partial charge in [-0.1, -0.05) is 17.7 Å². The van der Waals surface area contributed by atoms with Crippen LogP contribution in [0, 0.1) is 6.92 Å². The van der Waals surface area contributed by atoms with Gasteiger partial charge in [0.25, 0.3) is 10.1 Å². The zero-order valence-electron chi connectivity index (χ0n) is 17.4. The molecule has 0 saturated carbocycles. The Morgan fingerprint density at radius 3 is 2.23 bits per heavy atom. The van der Waals surface area contributed by atoms with Crippen molar-refractivity contribution in [3.63, 3.8) is 0 Å². The Bertz CT molecular complexity index is 864. The van der Waals surface area contributed by atoms with Crippen LogP contribution < -0.4 is 0 Å². The average Bonchev–Trinajstić information content (AvgIpc) is 2.99. The van der Waals surface area contributed by atoms with Crippen molar-refractivity contribution in [3.8, 4) is 0 Å². The van der Waals surface area contributed by atoms with Gasteiger partial charge < -0.3 is 9.47 Å². The predicted molar refractivity (Wildman–Crippen MR) is 101 cm³/mol. The first-order valence-electron chi connectivity index (χ1n) is 9.18. The molecule has 1 aliphatic heterocycles. The molecule has 0 aromatic heterocycles. The van der Waals surface area contributed by atoms with Gasteiger partial charge in [-0.05, 0) is 39.8 Å². The van der Waals surface area contributed by atoms with Crippen molar-refractivity contribution in [2.75, 3.05) is 20.3 Å². The van der Waals surface area contributed by atoms with E-state index >= 15 is 0 Å². The van der Waals surface area contributed by atoms with Crippen LogP contribution in [0.15, 0.2) is 29.2 Å². The SMILES string of the molecule is COC1(C(F)(F)F)CC(COS(=O)(=O)c2ccc(C)cc2)N(C(=O)OC(C)(C)C)C1. The lowest BCUT2D eigenvalue weighted by atomic mass is 9.99. The van der Waals surface area contributed by atoms with Crippen LogP contribution in [-0.4, -0.2) is 63.1 Å². The summed E-state index contributed by atoms with van der Waals surface area (Å²) in [4.78, 5) is 13.2. The molecule has 1 heterocycles. The highest BCUT2D eigenvalue weighted by Gasteiger charge is 2.63. The topological polar surface area (TPSA) is 82.1 Å². The second-order valence-electron chi connectivity index (χ2n) is 8.21. The van der Waals surface area contributed by atoms with Crippen LogP contribution in [-0.2, 0) is 23.8 Å².